The van der Waals surface area contributed by atoms with Crippen molar-refractivity contribution >= 4 is 87.5 Å². The summed E-state index contributed by atoms with van der Waals surface area (Å²) in [6.07, 6.45) is 0. The van der Waals surface area contributed by atoms with E-state index in [1.807, 2.05) is 48.5 Å². The number of nitrogens with one attached hydrogen (secondary N) is 1. The number of hydrogen-bond acceptors (Lipinski definition) is 5. The molecule has 0 aliphatic heterocycles. The Bertz CT molecular complexity index is 4410. The van der Waals surface area contributed by atoms with Gasteiger partial charge in [-0.3, -0.25) is 0 Å². The molecule has 0 unspecified atom stereocenters. The molecule has 0 radical (unpaired) electrons. The molecule has 0 saturated carbocycles. The van der Waals surface area contributed by atoms with Crippen molar-refractivity contribution in [3.05, 3.63) is 218 Å². The van der Waals surface area contributed by atoms with Crippen LogP contribution >= 0.6 is 0 Å². The van der Waals surface area contributed by atoms with Gasteiger partial charge in [-0.05, 0) is 77.9 Å². The van der Waals surface area contributed by atoms with Gasteiger partial charge in [0.05, 0.1) is 16.7 Å². The average molecular weight is 896 g/mol. The van der Waals surface area contributed by atoms with Gasteiger partial charge in [-0.15, -0.1) is 0 Å². The molecule has 10 aromatic carbocycles. The normalized spacial score (nSPS) is 12.0. The third-order valence-electron chi connectivity index (χ3n) is 14.0. The second-order valence-corrected chi connectivity index (χ2v) is 18.0. The highest BCUT2D eigenvalue weighted by molar-refractivity contribution is 6.26. The highest BCUT2D eigenvalue weighted by atomic mass is 16.3. The SMILES string of the molecule is c1ccc(-c2cc(-c3nc(-c4ccc5c(c4)oc4ccccc45)nc(-c4ccc5c(c4)oc4ccccc45)n3)cc(-c3ccccc3)c2-n2c3ccccc3c3ccc4[nH]c5ccccc5c4c32)cc1. The standard InChI is InChI=1S/C63H37N5O2/c1-3-15-37(16-4-1)49-33-41(34-50(38-17-5-2-6-18-38)59(49)68-53-24-12-8-19-42(53)47-31-32-52-58(60(47)68)48-22-7-11-23-51(48)64-52)63-66-61(39-27-29-45-43-20-9-13-25-54(43)69-56(45)35-39)65-62(67-63)40-28-30-46-44-21-10-14-26-55(44)70-57(46)36-40/h1-36,64H. The van der Waals surface area contributed by atoms with Gasteiger partial charge in [0, 0.05) is 81.9 Å². The molecule has 0 spiro atoms. The number of benzene rings is 10. The summed E-state index contributed by atoms with van der Waals surface area (Å²) in [6.45, 7) is 0. The van der Waals surface area contributed by atoms with Crippen LogP contribution in [-0.2, 0) is 0 Å². The molecule has 7 heteroatoms. The molecule has 0 aliphatic carbocycles. The van der Waals surface area contributed by atoms with E-state index in [1.165, 1.54) is 21.5 Å². The van der Waals surface area contributed by atoms with Crippen LogP contribution in [-0.4, -0.2) is 24.5 Å². The van der Waals surface area contributed by atoms with Gasteiger partial charge >= 0.3 is 0 Å². The van der Waals surface area contributed by atoms with Crippen LogP contribution in [0.25, 0.3) is 150 Å². The van der Waals surface area contributed by atoms with Gasteiger partial charge in [-0.1, -0.05) is 152 Å². The molecule has 0 fully saturated rings. The van der Waals surface area contributed by atoms with Crippen LogP contribution < -0.4 is 0 Å². The molecule has 326 valence electrons. The fraction of sp³-hybridized carbons (Fsp3) is 0. The molecule has 0 amide bonds. The summed E-state index contributed by atoms with van der Waals surface area (Å²) in [7, 11) is 0. The summed E-state index contributed by atoms with van der Waals surface area (Å²) in [5.41, 5.74) is 15.4. The highest BCUT2D eigenvalue weighted by Gasteiger charge is 2.25. The molecule has 0 aliphatic rings. The summed E-state index contributed by atoms with van der Waals surface area (Å²) in [5.74, 6) is 1.60. The fourth-order valence-electron chi connectivity index (χ4n) is 10.8. The maximum absolute atomic E-state index is 6.42. The number of para-hydroxylation sites is 4. The molecule has 5 heterocycles. The second kappa shape index (κ2) is 15.0. The van der Waals surface area contributed by atoms with Crippen LogP contribution in [0.1, 0.15) is 0 Å². The summed E-state index contributed by atoms with van der Waals surface area (Å²) in [6, 6.07) is 76.5. The summed E-state index contributed by atoms with van der Waals surface area (Å²) < 4.78 is 15.3. The van der Waals surface area contributed by atoms with Gasteiger partial charge in [-0.2, -0.15) is 0 Å². The van der Waals surface area contributed by atoms with Crippen LogP contribution in [0.5, 0.6) is 0 Å². The maximum atomic E-state index is 6.42. The van der Waals surface area contributed by atoms with Crippen LogP contribution in [0.2, 0.25) is 0 Å². The van der Waals surface area contributed by atoms with E-state index in [1.54, 1.807) is 0 Å². The Kier molecular flexibility index (Phi) is 8.23. The molecule has 0 atom stereocenters. The molecule has 1 N–H and O–H groups in total. The van der Waals surface area contributed by atoms with Gasteiger partial charge < -0.3 is 18.4 Å². The molecular weight excluding hydrogens is 859 g/mol. The zero-order valence-corrected chi connectivity index (χ0v) is 37.4. The number of furan rings is 2. The van der Waals surface area contributed by atoms with E-state index in [-0.39, 0.29) is 0 Å². The zero-order chi connectivity index (χ0) is 45.9. The maximum Gasteiger partial charge on any atom is 0.164 e. The monoisotopic (exact) mass is 895 g/mol. The molecule has 70 heavy (non-hydrogen) atoms. The van der Waals surface area contributed by atoms with Crippen molar-refractivity contribution in [2.24, 2.45) is 0 Å². The van der Waals surface area contributed by atoms with Crippen molar-refractivity contribution in [1.82, 2.24) is 24.5 Å². The number of aromatic nitrogens is 5. The minimum absolute atomic E-state index is 0.530. The third-order valence-corrected chi connectivity index (χ3v) is 14.0. The Balaban J connectivity index is 1.04. The van der Waals surface area contributed by atoms with Gasteiger partial charge in [0.2, 0.25) is 0 Å². The number of H-pyrrole nitrogens is 1. The average Bonchev–Trinajstić information content (AvgIpc) is 4.19. The molecule has 0 bridgehead atoms. The summed E-state index contributed by atoms with van der Waals surface area (Å²) in [4.78, 5) is 19.8. The predicted molar refractivity (Wildman–Crippen MR) is 285 cm³/mol. The lowest BCUT2D eigenvalue weighted by Crippen LogP contribution is -2.04. The van der Waals surface area contributed by atoms with E-state index in [9.17, 15) is 0 Å². The van der Waals surface area contributed by atoms with Crippen LogP contribution in [0.3, 0.4) is 0 Å². The Morgan fingerprint density at radius 2 is 0.800 bits per heavy atom. The smallest absolute Gasteiger partial charge is 0.164 e. The van der Waals surface area contributed by atoms with Crippen molar-refractivity contribution in [2.45, 2.75) is 0 Å². The topological polar surface area (TPSA) is 85.7 Å². The van der Waals surface area contributed by atoms with Gasteiger partial charge in [0.1, 0.15) is 22.3 Å². The Hall–Kier alpha value is -9.59. The lowest BCUT2D eigenvalue weighted by atomic mass is 9.92. The van der Waals surface area contributed by atoms with Gasteiger partial charge in [0.25, 0.3) is 0 Å². The van der Waals surface area contributed by atoms with E-state index in [4.69, 9.17) is 23.8 Å². The molecule has 7 nitrogen and oxygen atoms in total. The zero-order valence-electron chi connectivity index (χ0n) is 37.4. The van der Waals surface area contributed by atoms with E-state index in [2.05, 4.69) is 179 Å². The molecule has 0 saturated heterocycles. The number of hydrogen-bond donors (Lipinski definition) is 1. The van der Waals surface area contributed by atoms with Gasteiger partial charge in [-0.25, -0.2) is 15.0 Å². The second-order valence-electron chi connectivity index (χ2n) is 18.0. The molecular formula is C63H37N5O2. The van der Waals surface area contributed by atoms with E-state index < -0.39 is 0 Å². The molecule has 5 aromatic heterocycles. The van der Waals surface area contributed by atoms with E-state index in [0.29, 0.717) is 17.5 Å². The quantitative estimate of drug-likeness (QED) is 0.180. The minimum atomic E-state index is 0.530. The first-order valence-electron chi connectivity index (χ1n) is 23.5. The van der Waals surface area contributed by atoms with Crippen molar-refractivity contribution in [3.8, 4) is 62.1 Å². The van der Waals surface area contributed by atoms with Crippen LogP contribution in [0.15, 0.2) is 227 Å². The highest BCUT2D eigenvalue weighted by Crippen LogP contribution is 2.46. The Labute approximate surface area is 399 Å². The predicted octanol–water partition coefficient (Wildman–Crippen LogP) is 16.7. The molecule has 15 aromatic rings. The molecule has 15 rings (SSSR count). The first-order chi connectivity index (χ1) is 34.7. The lowest BCUT2D eigenvalue weighted by molar-refractivity contribution is 0.668. The number of rotatable bonds is 6. The van der Waals surface area contributed by atoms with Crippen LogP contribution in [0, 0.1) is 0 Å². The number of nitrogens with zero attached hydrogens (tertiary/aromatic N) is 4. The first kappa shape index (κ1) is 38.5. The third kappa shape index (κ3) is 5.85. The van der Waals surface area contributed by atoms with Gasteiger partial charge in [0.15, 0.2) is 17.5 Å². The fourth-order valence-corrected chi connectivity index (χ4v) is 10.8. The van der Waals surface area contributed by atoms with E-state index in [0.717, 1.165) is 111 Å². The number of fused-ring (bicyclic) bond motifs is 13. The minimum Gasteiger partial charge on any atom is -0.456 e. The van der Waals surface area contributed by atoms with Crippen LogP contribution in [0.4, 0.5) is 0 Å². The van der Waals surface area contributed by atoms with Crippen molar-refractivity contribution < 1.29 is 8.83 Å². The number of aromatic amines is 1. The summed E-state index contributed by atoms with van der Waals surface area (Å²) in [5, 5.41) is 8.93. The van der Waals surface area contributed by atoms with Crippen molar-refractivity contribution in [2.75, 3.05) is 0 Å². The first-order valence-corrected chi connectivity index (χ1v) is 23.5. The summed E-state index contributed by atoms with van der Waals surface area (Å²) >= 11 is 0. The van der Waals surface area contributed by atoms with Crippen molar-refractivity contribution in [1.29, 1.82) is 0 Å². The van der Waals surface area contributed by atoms with E-state index >= 15 is 0 Å². The van der Waals surface area contributed by atoms with Crippen molar-refractivity contribution in [3.63, 3.8) is 0 Å². The lowest BCUT2D eigenvalue weighted by Gasteiger charge is -2.21. The largest absolute Gasteiger partial charge is 0.456 e. The Morgan fingerprint density at radius 1 is 0.329 bits per heavy atom. The Morgan fingerprint density at radius 3 is 1.40 bits per heavy atom.